The monoisotopic (exact) mass is 297 g/mol. The molecule has 116 valence electrons. The molecule has 0 saturated heterocycles. The first-order valence-corrected chi connectivity index (χ1v) is 8.13. The van der Waals surface area contributed by atoms with E-state index in [1.807, 2.05) is 13.0 Å². The van der Waals surface area contributed by atoms with Gasteiger partial charge in [0.15, 0.2) is 0 Å². The predicted octanol–water partition coefficient (Wildman–Crippen LogP) is 3.87. The fraction of sp³-hybridized carbons (Fsp3) is 0.579. The zero-order chi connectivity index (χ0) is 15.7. The highest BCUT2D eigenvalue weighted by Gasteiger charge is 2.48. The number of carbonyl (C=O) groups excluding carboxylic acids is 1. The highest BCUT2D eigenvalue weighted by Crippen LogP contribution is 2.55. The van der Waals surface area contributed by atoms with Crippen LogP contribution in [-0.4, -0.2) is 13.4 Å². The van der Waals surface area contributed by atoms with Crippen LogP contribution < -0.4 is 4.74 Å². The highest BCUT2D eigenvalue weighted by molar-refractivity contribution is 5.60. The van der Waals surface area contributed by atoms with Gasteiger partial charge in [-0.1, -0.05) is 13.0 Å². The Kier molecular flexibility index (Phi) is 3.95. The lowest BCUT2D eigenvalue weighted by Crippen LogP contribution is -2.43. The minimum atomic E-state index is -0.332. The molecule has 0 spiro atoms. The second-order valence-electron chi connectivity index (χ2n) is 7.00. The van der Waals surface area contributed by atoms with Gasteiger partial charge in [0.05, 0.1) is 13.2 Å². The average Bonchev–Trinajstić information content (AvgIpc) is 2.56. The Balaban J connectivity index is 1.96. The van der Waals surface area contributed by atoms with Gasteiger partial charge in [0.2, 0.25) is 0 Å². The van der Waals surface area contributed by atoms with E-state index in [4.69, 9.17) is 4.74 Å². The summed E-state index contributed by atoms with van der Waals surface area (Å²) in [7, 11) is 1.70. The summed E-state index contributed by atoms with van der Waals surface area (Å²) in [6.07, 6.45) is 5.61. The SMILES string of the molecule is COc1ccc2c(c1)CC[C@@H]1[C@@H]2CC[C@](C)(C=O)[C@H]1CC#N. The zero-order valence-electron chi connectivity index (χ0n) is 13.3. The van der Waals surface area contributed by atoms with Gasteiger partial charge in [-0.15, -0.1) is 0 Å². The number of methoxy groups -OCH3 is 1. The third kappa shape index (κ3) is 2.31. The van der Waals surface area contributed by atoms with E-state index >= 15 is 0 Å². The minimum Gasteiger partial charge on any atom is -0.497 e. The molecule has 4 atom stereocenters. The van der Waals surface area contributed by atoms with Crippen LogP contribution in [0.15, 0.2) is 18.2 Å². The summed E-state index contributed by atoms with van der Waals surface area (Å²) in [4.78, 5) is 11.6. The topological polar surface area (TPSA) is 50.1 Å². The van der Waals surface area contributed by atoms with Crippen molar-refractivity contribution < 1.29 is 9.53 Å². The third-order valence-corrected chi connectivity index (χ3v) is 5.95. The van der Waals surface area contributed by atoms with Crippen LogP contribution in [0.3, 0.4) is 0 Å². The van der Waals surface area contributed by atoms with Gasteiger partial charge in [0.25, 0.3) is 0 Å². The number of carbonyl (C=O) groups is 1. The van der Waals surface area contributed by atoms with E-state index in [1.165, 1.54) is 11.1 Å². The van der Waals surface area contributed by atoms with Crippen molar-refractivity contribution in [2.75, 3.05) is 7.11 Å². The summed E-state index contributed by atoms with van der Waals surface area (Å²) in [5, 5.41) is 9.22. The minimum absolute atomic E-state index is 0.184. The fourth-order valence-electron chi connectivity index (χ4n) is 4.66. The molecule has 0 radical (unpaired) electrons. The van der Waals surface area contributed by atoms with Crippen LogP contribution in [0.25, 0.3) is 0 Å². The number of nitriles is 1. The zero-order valence-corrected chi connectivity index (χ0v) is 13.3. The van der Waals surface area contributed by atoms with Gasteiger partial charge in [-0.3, -0.25) is 0 Å². The smallest absolute Gasteiger partial charge is 0.126 e. The number of ether oxygens (including phenoxy) is 1. The number of hydrogen-bond acceptors (Lipinski definition) is 3. The molecule has 1 aromatic rings. The maximum atomic E-state index is 11.6. The molecule has 0 aromatic heterocycles. The van der Waals surface area contributed by atoms with Crippen molar-refractivity contribution in [3.8, 4) is 11.8 Å². The number of nitrogens with zero attached hydrogens (tertiary/aromatic N) is 1. The van der Waals surface area contributed by atoms with Gasteiger partial charge in [0.1, 0.15) is 12.0 Å². The van der Waals surface area contributed by atoms with Crippen LogP contribution in [0.1, 0.15) is 49.7 Å². The van der Waals surface area contributed by atoms with Crippen molar-refractivity contribution in [3.63, 3.8) is 0 Å². The van der Waals surface area contributed by atoms with Crippen molar-refractivity contribution in [1.82, 2.24) is 0 Å². The molecule has 0 bridgehead atoms. The second-order valence-corrected chi connectivity index (χ2v) is 7.00. The van der Waals surface area contributed by atoms with Crippen LogP contribution in [0.4, 0.5) is 0 Å². The normalized spacial score (nSPS) is 33.2. The maximum absolute atomic E-state index is 11.6. The van der Waals surface area contributed by atoms with Crippen LogP contribution in [0, 0.1) is 28.6 Å². The van der Waals surface area contributed by atoms with Crippen LogP contribution >= 0.6 is 0 Å². The van der Waals surface area contributed by atoms with Crippen LogP contribution in [0.2, 0.25) is 0 Å². The number of hydrogen-bond donors (Lipinski definition) is 0. The molecule has 1 saturated carbocycles. The van der Waals surface area contributed by atoms with E-state index in [0.717, 1.165) is 37.7 Å². The lowest BCUT2D eigenvalue weighted by Gasteiger charge is -2.49. The van der Waals surface area contributed by atoms with Gasteiger partial charge in [-0.25, -0.2) is 0 Å². The Labute approximate surface area is 132 Å². The first kappa shape index (κ1) is 15.1. The van der Waals surface area contributed by atoms with E-state index < -0.39 is 0 Å². The Morgan fingerprint density at radius 1 is 1.45 bits per heavy atom. The summed E-state index contributed by atoms with van der Waals surface area (Å²) in [5.41, 5.74) is 2.46. The van der Waals surface area contributed by atoms with Crippen molar-refractivity contribution in [1.29, 1.82) is 5.26 Å². The Bertz CT molecular complexity index is 618. The third-order valence-electron chi connectivity index (χ3n) is 5.95. The molecule has 2 aliphatic carbocycles. The summed E-state index contributed by atoms with van der Waals surface area (Å²) in [5.74, 6) is 2.04. The van der Waals surface area contributed by atoms with Gasteiger partial charge >= 0.3 is 0 Å². The van der Waals surface area contributed by atoms with E-state index in [9.17, 15) is 10.1 Å². The predicted molar refractivity (Wildman–Crippen MR) is 84.7 cm³/mol. The lowest BCUT2D eigenvalue weighted by molar-refractivity contribution is -0.122. The first-order chi connectivity index (χ1) is 10.6. The molecule has 3 nitrogen and oxygen atoms in total. The quantitative estimate of drug-likeness (QED) is 0.796. The van der Waals surface area contributed by atoms with E-state index in [1.54, 1.807) is 7.11 Å². The molecular weight excluding hydrogens is 274 g/mol. The van der Waals surface area contributed by atoms with Gasteiger partial charge in [-0.05, 0) is 66.7 Å². The average molecular weight is 297 g/mol. The molecule has 0 N–H and O–H groups in total. The van der Waals surface area contributed by atoms with Crippen LogP contribution in [-0.2, 0) is 11.2 Å². The van der Waals surface area contributed by atoms with Gasteiger partial charge in [-0.2, -0.15) is 5.26 Å². The second kappa shape index (κ2) is 5.76. The number of aryl methyl sites for hydroxylation is 1. The molecule has 2 aliphatic rings. The molecule has 3 rings (SSSR count). The molecule has 22 heavy (non-hydrogen) atoms. The molecule has 0 heterocycles. The first-order valence-electron chi connectivity index (χ1n) is 8.13. The molecular formula is C19H23NO2. The molecule has 0 aliphatic heterocycles. The van der Waals surface area contributed by atoms with Gasteiger partial charge in [0, 0.05) is 11.8 Å². The fourth-order valence-corrected chi connectivity index (χ4v) is 4.66. The number of aldehydes is 1. The Morgan fingerprint density at radius 2 is 2.27 bits per heavy atom. The molecule has 0 amide bonds. The van der Waals surface area contributed by atoms with Crippen molar-refractivity contribution in [2.24, 2.45) is 17.3 Å². The van der Waals surface area contributed by atoms with E-state index in [-0.39, 0.29) is 11.3 Å². The maximum Gasteiger partial charge on any atom is 0.126 e. The molecule has 3 heteroatoms. The lowest BCUT2D eigenvalue weighted by atomic mass is 9.54. The summed E-state index contributed by atoms with van der Waals surface area (Å²) in [6.45, 7) is 2.04. The number of benzene rings is 1. The standard InChI is InChI=1S/C19H23NO2/c1-19(12-21)9-7-16-15-6-4-14(22-2)11-13(15)3-5-17(16)18(19)8-10-20/h4,6,11-12,16-18H,3,5,7-9H2,1-2H3/t16-,17-,18+,19-/m1/s1. The highest BCUT2D eigenvalue weighted by atomic mass is 16.5. The molecule has 1 fully saturated rings. The summed E-state index contributed by atoms with van der Waals surface area (Å²) < 4.78 is 5.34. The van der Waals surface area contributed by atoms with Crippen molar-refractivity contribution >= 4 is 6.29 Å². The van der Waals surface area contributed by atoms with E-state index in [0.29, 0.717) is 18.3 Å². The molecule has 1 aromatic carbocycles. The Hall–Kier alpha value is -1.82. The summed E-state index contributed by atoms with van der Waals surface area (Å²) in [6, 6.07) is 8.70. The van der Waals surface area contributed by atoms with Crippen molar-refractivity contribution in [3.05, 3.63) is 29.3 Å². The summed E-state index contributed by atoms with van der Waals surface area (Å²) >= 11 is 0. The Morgan fingerprint density at radius 3 is 2.95 bits per heavy atom. The molecule has 0 unspecified atom stereocenters. The number of fused-ring (bicyclic) bond motifs is 3. The van der Waals surface area contributed by atoms with Gasteiger partial charge < -0.3 is 9.53 Å². The number of rotatable bonds is 3. The largest absolute Gasteiger partial charge is 0.497 e. The van der Waals surface area contributed by atoms with E-state index in [2.05, 4.69) is 18.2 Å². The van der Waals surface area contributed by atoms with Crippen LogP contribution in [0.5, 0.6) is 5.75 Å². The van der Waals surface area contributed by atoms with Crippen molar-refractivity contribution in [2.45, 2.75) is 44.9 Å².